The van der Waals surface area contributed by atoms with Gasteiger partial charge in [-0.2, -0.15) is 0 Å². The van der Waals surface area contributed by atoms with E-state index in [2.05, 4.69) is 0 Å². The van der Waals surface area contributed by atoms with Crippen LogP contribution in [0.3, 0.4) is 0 Å². The lowest BCUT2D eigenvalue weighted by Gasteiger charge is -2.21. The number of carboxylic acid groups (broad SMARTS) is 1. The number of hydrogen-bond acceptors (Lipinski definition) is 3. The maximum Gasteiger partial charge on any atom is 0.308 e. The van der Waals surface area contributed by atoms with E-state index in [1.807, 2.05) is 42.7 Å². The van der Waals surface area contributed by atoms with E-state index >= 15 is 0 Å². The maximum atomic E-state index is 11.2. The predicted molar refractivity (Wildman–Crippen MR) is 83.0 cm³/mol. The highest BCUT2D eigenvalue weighted by Gasteiger charge is 2.27. The molecule has 0 fully saturated rings. The number of aromatic nitrogens is 2. The van der Waals surface area contributed by atoms with Crippen LogP contribution in [0.5, 0.6) is 5.75 Å². The van der Waals surface area contributed by atoms with Gasteiger partial charge in [-0.3, -0.25) is 4.79 Å². The van der Waals surface area contributed by atoms with Gasteiger partial charge in [0.2, 0.25) is 0 Å². The molecule has 0 amide bonds. The first kappa shape index (κ1) is 14.6. The van der Waals surface area contributed by atoms with Gasteiger partial charge < -0.3 is 14.4 Å². The Morgan fingerprint density at radius 2 is 2.14 bits per heavy atom. The second-order valence-electron chi connectivity index (χ2n) is 5.60. The largest absolute Gasteiger partial charge is 0.494 e. The second kappa shape index (κ2) is 5.83. The van der Waals surface area contributed by atoms with Gasteiger partial charge in [0, 0.05) is 24.2 Å². The summed E-state index contributed by atoms with van der Waals surface area (Å²) in [5, 5.41) is 9.21. The number of carbonyl (C=O) groups is 1. The highest BCUT2D eigenvalue weighted by atomic mass is 16.5. The van der Waals surface area contributed by atoms with E-state index in [0.717, 1.165) is 34.9 Å². The minimum absolute atomic E-state index is 0.311. The molecule has 0 saturated heterocycles. The molecule has 1 N–H and O–H groups in total. The molecular weight excluding hydrogens is 280 g/mol. The molecule has 3 rings (SSSR count). The minimum Gasteiger partial charge on any atom is -0.494 e. The molecule has 1 unspecified atom stereocenters. The minimum atomic E-state index is -0.721. The number of hydrogen-bond donors (Lipinski definition) is 1. The number of ether oxygens (including phenoxy) is 1. The van der Waals surface area contributed by atoms with Crippen molar-refractivity contribution in [3.63, 3.8) is 0 Å². The lowest BCUT2D eigenvalue weighted by atomic mass is 9.99. The zero-order chi connectivity index (χ0) is 15.7. The number of aryl methyl sites for hydroxylation is 1. The molecule has 5 heteroatoms. The van der Waals surface area contributed by atoms with Crippen LogP contribution < -0.4 is 4.74 Å². The van der Waals surface area contributed by atoms with Crippen LogP contribution in [0, 0.1) is 12.8 Å². The fourth-order valence-corrected chi connectivity index (χ4v) is 2.99. The van der Waals surface area contributed by atoms with E-state index in [-0.39, 0.29) is 5.92 Å². The van der Waals surface area contributed by atoms with Crippen molar-refractivity contribution >= 4 is 5.97 Å². The molecular formula is C17H20N2O3. The number of imidazole rings is 1. The Balaban J connectivity index is 1.91. The van der Waals surface area contributed by atoms with E-state index in [4.69, 9.17) is 9.72 Å². The zero-order valence-corrected chi connectivity index (χ0v) is 12.9. The Labute approximate surface area is 129 Å². The lowest BCUT2D eigenvalue weighted by Crippen LogP contribution is -2.27. The Bertz CT molecular complexity index is 689. The third-order valence-electron chi connectivity index (χ3n) is 4.21. The van der Waals surface area contributed by atoms with Gasteiger partial charge in [0.25, 0.3) is 0 Å². The molecule has 1 aliphatic rings. The molecule has 0 radical (unpaired) electrons. The molecule has 1 aliphatic heterocycles. The summed E-state index contributed by atoms with van der Waals surface area (Å²) in [6.45, 7) is 5.13. The Morgan fingerprint density at radius 1 is 1.41 bits per heavy atom. The predicted octanol–water partition coefficient (Wildman–Crippen LogP) is 2.90. The maximum absolute atomic E-state index is 11.2. The van der Waals surface area contributed by atoms with Crippen molar-refractivity contribution in [2.45, 2.75) is 33.2 Å². The monoisotopic (exact) mass is 300 g/mol. The zero-order valence-electron chi connectivity index (χ0n) is 12.9. The molecule has 0 saturated carbocycles. The summed E-state index contributed by atoms with van der Waals surface area (Å²) in [5.41, 5.74) is 3.00. The summed E-state index contributed by atoms with van der Waals surface area (Å²) < 4.78 is 7.51. The molecule has 1 aromatic heterocycles. The number of aliphatic carboxylic acids is 1. The van der Waals surface area contributed by atoms with Gasteiger partial charge in [-0.25, -0.2) is 4.98 Å². The van der Waals surface area contributed by atoms with Crippen LogP contribution in [0.15, 0.2) is 24.3 Å². The van der Waals surface area contributed by atoms with Crippen molar-refractivity contribution in [3.8, 4) is 17.0 Å². The standard InChI is InChI=1S/C17H20N2O3/c1-3-22-14-7-4-12(5-8-14)16-11(2)19-10-13(17(20)21)6-9-15(19)18-16/h4-5,7-8,13H,3,6,9-10H2,1-2H3,(H,20,21). The van der Waals surface area contributed by atoms with E-state index in [1.54, 1.807) is 0 Å². The Hall–Kier alpha value is -2.30. The van der Waals surface area contributed by atoms with E-state index in [9.17, 15) is 9.90 Å². The summed E-state index contributed by atoms with van der Waals surface area (Å²) in [6, 6.07) is 7.88. The topological polar surface area (TPSA) is 64.4 Å². The SMILES string of the molecule is CCOc1ccc(-c2nc3n(c2C)CC(C(=O)O)CC3)cc1. The number of nitrogens with zero attached hydrogens (tertiary/aromatic N) is 2. The molecule has 2 heterocycles. The molecule has 0 spiro atoms. The fourth-order valence-electron chi connectivity index (χ4n) is 2.99. The third-order valence-corrected chi connectivity index (χ3v) is 4.21. The van der Waals surface area contributed by atoms with Gasteiger partial charge in [-0.05, 0) is 44.5 Å². The number of fused-ring (bicyclic) bond motifs is 1. The Morgan fingerprint density at radius 3 is 2.77 bits per heavy atom. The first-order chi connectivity index (χ1) is 10.6. The van der Waals surface area contributed by atoms with Gasteiger partial charge >= 0.3 is 5.97 Å². The van der Waals surface area contributed by atoms with Crippen molar-refractivity contribution in [3.05, 3.63) is 35.8 Å². The van der Waals surface area contributed by atoms with Crippen LogP contribution in [0.4, 0.5) is 0 Å². The summed E-state index contributed by atoms with van der Waals surface area (Å²) in [5.74, 6) is 0.799. The average Bonchev–Trinajstić information content (AvgIpc) is 2.85. The first-order valence-electron chi connectivity index (χ1n) is 7.62. The summed E-state index contributed by atoms with van der Waals surface area (Å²) in [6.07, 6.45) is 1.38. The average molecular weight is 300 g/mol. The molecule has 0 bridgehead atoms. The van der Waals surface area contributed by atoms with Crippen LogP contribution >= 0.6 is 0 Å². The normalized spacial score (nSPS) is 17.1. The molecule has 0 aliphatic carbocycles. The van der Waals surface area contributed by atoms with Crippen molar-refractivity contribution in [2.24, 2.45) is 5.92 Å². The highest BCUT2D eigenvalue weighted by molar-refractivity contribution is 5.70. The van der Waals surface area contributed by atoms with Crippen LogP contribution in [-0.4, -0.2) is 27.2 Å². The van der Waals surface area contributed by atoms with Crippen molar-refractivity contribution in [2.75, 3.05) is 6.61 Å². The molecule has 116 valence electrons. The van der Waals surface area contributed by atoms with Gasteiger partial charge in [0.15, 0.2) is 0 Å². The molecule has 1 atom stereocenters. The fraction of sp³-hybridized carbons (Fsp3) is 0.412. The smallest absolute Gasteiger partial charge is 0.308 e. The van der Waals surface area contributed by atoms with Crippen molar-refractivity contribution in [1.29, 1.82) is 0 Å². The van der Waals surface area contributed by atoms with Crippen molar-refractivity contribution in [1.82, 2.24) is 9.55 Å². The second-order valence-corrected chi connectivity index (χ2v) is 5.60. The summed E-state index contributed by atoms with van der Waals surface area (Å²) >= 11 is 0. The molecule has 2 aromatic rings. The van der Waals surface area contributed by atoms with Gasteiger partial charge in [-0.1, -0.05) is 0 Å². The van der Waals surface area contributed by atoms with Crippen LogP contribution in [0.2, 0.25) is 0 Å². The van der Waals surface area contributed by atoms with Gasteiger partial charge in [0.05, 0.1) is 18.2 Å². The number of carboxylic acids is 1. The summed E-state index contributed by atoms with van der Waals surface area (Å²) in [7, 11) is 0. The quantitative estimate of drug-likeness (QED) is 0.943. The Kier molecular flexibility index (Phi) is 3.88. The molecule has 1 aromatic carbocycles. The number of benzene rings is 1. The number of rotatable bonds is 4. The van der Waals surface area contributed by atoms with E-state index in [0.29, 0.717) is 19.6 Å². The van der Waals surface area contributed by atoms with Crippen LogP contribution in [0.25, 0.3) is 11.3 Å². The first-order valence-corrected chi connectivity index (χ1v) is 7.62. The van der Waals surface area contributed by atoms with Gasteiger partial charge in [-0.15, -0.1) is 0 Å². The third kappa shape index (κ3) is 2.58. The summed E-state index contributed by atoms with van der Waals surface area (Å²) in [4.78, 5) is 15.9. The van der Waals surface area contributed by atoms with E-state index < -0.39 is 5.97 Å². The molecule has 22 heavy (non-hydrogen) atoms. The molecule has 5 nitrogen and oxygen atoms in total. The van der Waals surface area contributed by atoms with Crippen LogP contribution in [-0.2, 0) is 17.8 Å². The van der Waals surface area contributed by atoms with Gasteiger partial charge in [0.1, 0.15) is 11.6 Å². The van der Waals surface area contributed by atoms with Crippen LogP contribution in [0.1, 0.15) is 24.9 Å². The van der Waals surface area contributed by atoms with E-state index in [1.165, 1.54) is 0 Å². The highest BCUT2D eigenvalue weighted by Crippen LogP contribution is 2.30. The lowest BCUT2D eigenvalue weighted by molar-refractivity contribution is -0.142. The van der Waals surface area contributed by atoms with Crippen molar-refractivity contribution < 1.29 is 14.6 Å².